The lowest BCUT2D eigenvalue weighted by Crippen LogP contribution is -2.32. The second-order valence-electron chi connectivity index (χ2n) is 5.41. The first-order chi connectivity index (χ1) is 12.4. The summed E-state index contributed by atoms with van der Waals surface area (Å²) in [6, 6.07) is 8.94. The van der Waals surface area contributed by atoms with Gasteiger partial charge >= 0.3 is 0 Å². The summed E-state index contributed by atoms with van der Waals surface area (Å²) in [6.07, 6.45) is 0.576. The molecule has 0 spiro atoms. The molecule has 9 nitrogen and oxygen atoms in total. The molecule has 138 valence electrons. The highest BCUT2D eigenvalue weighted by molar-refractivity contribution is 6.32. The maximum Gasteiger partial charge on any atom is 0.294 e. The molecule has 0 bridgehead atoms. The van der Waals surface area contributed by atoms with Crippen LogP contribution in [0.5, 0.6) is 0 Å². The highest BCUT2D eigenvalue weighted by atomic mass is 35.5. The lowest BCUT2D eigenvalue weighted by atomic mass is 10.1. The molecule has 2 rings (SSSR count). The average molecular weight is 378 g/mol. The summed E-state index contributed by atoms with van der Waals surface area (Å²) >= 11 is 6.29. The summed E-state index contributed by atoms with van der Waals surface area (Å²) in [5.41, 5.74) is 16.3. The number of nitrogens with zero attached hydrogens (tertiary/aromatic N) is 3. The molecule has 26 heavy (non-hydrogen) atoms. The van der Waals surface area contributed by atoms with E-state index in [1.807, 2.05) is 6.07 Å². The third-order valence-corrected chi connectivity index (χ3v) is 3.67. The van der Waals surface area contributed by atoms with Gasteiger partial charge < -0.3 is 22.5 Å². The molecule has 10 heteroatoms. The van der Waals surface area contributed by atoms with Gasteiger partial charge in [0.25, 0.3) is 5.56 Å². The number of carbonyl (C=O) groups is 1. The predicted octanol–water partition coefficient (Wildman–Crippen LogP) is 0.124. The Morgan fingerprint density at radius 3 is 2.54 bits per heavy atom. The van der Waals surface area contributed by atoms with Crippen molar-refractivity contribution in [3.63, 3.8) is 0 Å². The molecule has 1 aromatic heterocycles. The number of hydrogen-bond donors (Lipinski definition) is 4. The summed E-state index contributed by atoms with van der Waals surface area (Å²) in [6.45, 7) is 0.491. The van der Waals surface area contributed by atoms with E-state index >= 15 is 0 Å². The summed E-state index contributed by atoms with van der Waals surface area (Å²) < 4.78 is 1.21. The van der Waals surface area contributed by atoms with Crippen molar-refractivity contribution in [3.05, 3.63) is 45.8 Å². The fraction of sp³-hybridized carbons (Fsp3) is 0.250. The van der Waals surface area contributed by atoms with Crippen LogP contribution in [-0.4, -0.2) is 34.5 Å². The van der Waals surface area contributed by atoms with Crippen LogP contribution in [0.4, 0.5) is 5.82 Å². The Balaban J connectivity index is 2.35. The Bertz CT molecular complexity index is 861. The van der Waals surface area contributed by atoms with Gasteiger partial charge in [0.2, 0.25) is 5.91 Å². The minimum atomic E-state index is -0.662. The van der Waals surface area contributed by atoms with E-state index in [2.05, 4.69) is 15.3 Å². The molecule has 0 unspecified atom stereocenters. The van der Waals surface area contributed by atoms with E-state index in [9.17, 15) is 9.59 Å². The minimum absolute atomic E-state index is 0.00203. The molecule has 0 fully saturated rings. The number of anilines is 1. The van der Waals surface area contributed by atoms with Crippen molar-refractivity contribution in [1.82, 2.24) is 9.55 Å². The zero-order valence-corrected chi connectivity index (χ0v) is 14.7. The standard InChI is InChI=1S/C16H20ClN7O2/c17-13-12(10-5-2-1-3-6-10)24(9-11(18)25)15(26)14(23-13)21-7-4-8-22-16(19)20/h1-3,5-6H,4,7-9H2,(H2,18,25)(H,21,23)(H4,19,20,22). The van der Waals surface area contributed by atoms with E-state index < -0.39 is 11.5 Å². The third kappa shape index (κ3) is 4.96. The highest BCUT2D eigenvalue weighted by Crippen LogP contribution is 2.25. The molecule has 1 aromatic carbocycles. The van der Waals surface area contributed by atoms with Crippen molar-refractivity contribution in [1.29, 1.82) is 0 Å². The van der Waals surface area contributed by atoms with Crippen molar-refractivity contribution in [2.75, 3.05) is 18.4 Å². The topological polar surface area (TPSA) is 154 Å². The van der Waals surface area contributed by atoms with E-state index in [-0.39, 0.29) is 23.5 Å². The molecule has 1 amide bonds. The van der Waals surface area contributed by atoms with Gasteiger partial charge in [-0.2, -0.15) is 0 Å². The average Bonchev–Trinajstić information content (AvgIpc) is 2.58. The number of amides is 1. The van der Waals surface area contributed by atoms with Crippen LogP contribution in [0.3, 0.4) is 0 Å². The molecule has 0 atom stereocenters. The number of nitrogens with two attached hydrogens (primary N) is 3. The number of halogens is 1. The quantitative estimate of drug-likeness (QED) is 0.291. The highest BCUT2D eigenvalue weighted by Gasteiger charge is 2.18. The van der Waals surface area contributed by atoms with Gasteiger partial charge in [-0.25, -0.2) is 4.98 Å². The van der Waals surface area contributed by atoms with E-state index in [0.717, 1.165) is 0 Å². The van der Waals surface area contributed by atoms with Crippen molar-refractivity contribution in [2.24, 2.45) is 22.2 Å². The summed E-state index contributed by atoms with van der Waals surface area (Å²) in [5.74, 6) is -0.631. The largest absolute Gasteiger partial charge is 0.370 e. The van der Waals surface area contributed by atoms with Crippen molar-refractivity contribution >= 4 is 29.3 Å². The van der Waals surface area contributed by atoms with Crippen LogP contribution in [0, 0.1) is 0 Å². The number of hydrogen-bond acceptors (Lipinski definition) is 5. The third-order valence-electron chi connectivity index (χ3n) is 3.41. The minimum Gasteiger partial charge on any atom is -0.370 e. The lowest BCUT2D eigenvalue weighted by Gasteiger charge is -2.15. The second kappa shape index (κ2) is 8.86. The molecule has 0 radical (unpaired) electrons. The van der Waals surface area contributed by atoms with Crippen molar-refractivity contribution < 1.29 is 4.79 Å². The summed E-state index contributed by atoms with van der Waals surface area (Å²) in [7, 11) is 0. The number of primary amides is 1. The van der Waals surface area contributed by atoms with E-state index in [4.69, 9.17) is 28.8 Å². The fourth-order valence-corrected chi connectivity index (χ4v) is 2.62. The van der Waals surface area contributed by atoms with Crippen LogP contribution in [0.2, 0.25) is 5.15 Å². The first-order valence-corrected chi connectivity index (χ1v) is 8.21. The second-order valence-corrected chi connectivity index (χ2v) is 5.77. The molecular weight excluding hydrogens is 358 g/mol. The monoisotopic (exact) mass is 377 g/mol. The first kappa shape index (κ1) is 19.3. The van der Waals surface area contributed by atoms with Gasteiger partial charge in [-0.05, 0) is 6.42 Å². The molecule has 0 aliphatic heterocycles. The van der Waals surface area contributed by atoms with Crippen LogP contribution in [0.1, 0.15) is 6.42 Å². The molecule has 1 heterocycles. The zero-order chi connectivity index (χ0) is 19.1. The number of carbonyl (C=O) groups excluding carboxylic acids is 1. The van der Waals surface area contributed by atoms with Gasteiger partial charge in [0, 0.05) is 18.7 Å². The van der Waals surface area contributed by atoms with E-state index in [1.165, 1.54) is 4.57 Å². The van der Waals surface area contributed by atoms with Crippen LogP contribution < -0.4 is 28.1 Å². The van der Waals surface area contributed by atoms with Crippen molar-refractivity contribution in [3.8, 4) is 11.3 Å². The fourth-order valence-electron chi connectivity index (χ4n) is 2.33. The molecule has 0 aliphatic carbocycles. The molecule has 0 aliphatic rings. The number of guanidine groups is 1. The lowest BCUT2D eigenvalue weighted by molar-refractivity contribution is -0.118. The Morgan fingerprint density at radius 1 is 1.23 bits per heavy atom. The van der Waals surface area contributed by atoms with Gasteiger partial charge in [0.05, 0.1) is 5.69 Å². The normalized spacial score (nSPS) is 10.3. The van der Waals surface area contributed by atoms with E-state index in [1.54, 1.807) is 24.3 Å². The molecule has 0 saturated carbocycles. The maximum atomic E-state index is 12.7. The van der Waals surface area contributed by atoms with Crippen LogP contribution in [0.15, 0.2) is 40.1 Å². The Labute approximate surface area is 154 Å². The van der Waals surface area contributed by atoms with Gasteiger partial charge in [0.15, 0.2) is 16.9 Å². The van der Waals surface area contributed by atoms with Crippen molar-refractivity contribution in [2.45, 2.75) is 13.0 Å². The van der Waals surface area contributed by atoms with Gasteiger partial charge in [-0.3, -0.25) is 19.1 Å². The van der Waals surface area contributed by atoms with Gasteiger partial charge in [-0.15, -0.1) is 0 Å². The molecule has 7 N–H and O–H groups in total. The number of rotatable bonds is 8. The molecule has 0 saturated heterocycles. The van der Waals surface area contributed by atoms with Crippen LogP contribution >= 0.6 is 11.6 Å². The number of benzene rings is 1. The number of aliphatic imine (C=N–C) groups is 1. The number of nitrogens with one attached hydrogen (secondary N) is 1. The predicted molar refractivity (Wildman–Crippen MR) is 102 cm³/mol. The number of aromatic nitrogens is 2. The van der Waals surface area contributed by atoms with Gasteiger partial charge in [0.1, 0.15) is 6.54 Å². The Morgan fingerprint density at radius 2 is 1.92 bits per heavy atom. The molecule has 2 aromatic rings. The Kier molecular flexibility index (Phi) is 6.56. The smallest absolute Gasteiger partial charge is 0.294 e. The zero-order valence-electron chi connectivity index (χ0n) is 14.0. The summed E-state index contributed by atoms with van der Waals surface area (Å²) in [4.78, 5) is 32.1. The SMILES string of the molecule is NC(=O)Cn1c(-c2ccccc2)c(Cl)nc(NCCCN=C(N)N)c1=O. The van der Waals surface area contributed by atoms with Crippen LogP contribution in [-0.2, 0) is 11.3 Å². The van der Waals surface area contributed by atoms with E-state index in [0.29, 0.717) is 30.8 Å². The molecular formula is C16H20ClN7O2. The van der Waals surface area contributed by atoms with Crippen LogP contribution in [0.25, 0.3) is 11.3 Å². The first-order valence-electron chi connectivity index (χ1n) is 7.83. The van der Waals surface area contributed by atoms with Gasteiger partial charge in [-0.1, -0.05) is 41.9 Å². The maximum absolute atomic E-state index is 12.7. The summed E-state index contributed by atoms with van der Waals surface area (Å²) in [5, 5.41) is 2.97. The Hall–Kier alpha value is -3.07.